The van der Waals surface area contributed by atoms with Crippen LogP contribution in [-0.4, -0.2) is 12.5 Å². The maximum absolute atomic E-state index is 9.28. The molecule has 0 saturated heterocycles. The summed E-state index contributed by atoms with van der Waals surface area (Å²) in [6.45, 7) is 4.70. The van der Waals surface area contributed by atoms with Crippen LogP contribution in [0.15, 0.2) is 103 Å². The highest BCUT2D eigenvalue weighted by Crippen LogP contribution is 2.52. The van der Waals surface area contributed by atoms with Crippen LogP contribution in [0.4, 0.5) is 0 Å². The quantitative estimate of drug-likeness (QED) is 0.217. The van der Waals surface area contributed by atoms with Crippen LogP contribution >= 0.6 is 0 Å². The number of rotatable bonds is 2. The summed E-state index contributed by atoms with van der Waals surface area (Å²) in [5.74, 6) is 0. The molecule has 165 valence electrons. The SMILES string of the molecule is CC1(C)c2cc(-c3ccc([B]O)cc3)ccc2-c2cc3c4ccccc4c4ccccc4c3cc21. The second kappa shape index (κ2) is 7.31. The van der Waals surface area contributed by atoms with Crippen LogP contribution in [0.1, 0.15) is 25.0 Å². The molecule has 35 heavy (non-hydrogen) atoms. The van der Waals surface area contributed by atoms with Gasteiger partial charge in [0.05, 0.1) is 0 Å². The van der Waals surface area contributed by atoms with Crippen molar-refractivity contribution in [2.24, 2.45) is 0 Å². The highest BCUT2D eigenvalue weighted by Gasteiger charge is 2.36. The molecule has 2 heteroatoms. The van der Waals surface area contributed by atoms with Crippen LogP contribution in [0.5, 0.6) is 0 Å². The minimum absolute atomic E-state index is 0.0968. The van der Waals surface area contributed by atoms with Gasteiger partial charge in [0.25, 0.3) is 0 Å². The minimum atomic E-state index is -0.0968. The van der Waals surface area contributed by atoms with Crippen molar-refractivity contribution in [2.75, 3.05) is 0 Å². The van der Waals surface area contributed by atoms with E-state index >= 15 is 0 Å². The van der Waals surface area contributed by atoms with Crippen molar-refractivity contribution in [3.05, 3.63) is 114 Å². The van der Waals surface area contributed by atoms with Gasteiger partial charge >= 0.3 is 7.48 Å². The summed E-state index contributed by atoms with van der Waals surface area (Å²) in [6.07, 6.45) is 0. The molecular formula is C33H24BO. The van der Waals surface area contributed by atoms with Gasteiger partial charge in [-0.25, -0.2) is 0 Å². The minimum Gasteiger partial charge on any atom is -0.450 e. The fourth-order valence-corrected chi connectivity index (χ4v) is 6.07. The van der Waals surface area contributed by atoms with Gasteiger partial charge < -0.3 is 5.02 Å². The summed E-state index contributed by atoms with van der Waals surface area (Å²) in [5.41, 5.74) is 8.51. The molecule has 0 bridgehead atoms. The van der Waals surface area contributed by atoms with Crippen LogP contribution in [-0.2, 0) is 5.41 Å². The molecule has 0 unspecified atom stereocenters. The lowest BCUT2D eigenvalue weighted by Crippen LogP contribution is -2.15. The van der Waals surface area contributed by atoms with Crippen LogP contribution in [0.25, 0.3) is 54.6 Å². The first-order valence-corrected chi connectivity index (χ1v) is 12.2. The molecule has 0 saturated carbocycles. The number of hydrogen-bond donors (Lipinski definition) is 1. The molecule has 1 aliphatic carbocycles. The third kappa shape index (κ3) is 2.87. The summed E-state index contributed by atoms with van der Waals surface area (Å²) < 4.78 is 0. The molecule has 0 heterocycles. The van der Waals surface area contributed by atoms with Gasteiger partial charge in [0, 0.05) is 5.41 Å². The molecule has 1 nitrogen and oxygen atoms in total. The van der Waals surface area contributed by atoms with Crippen LogP contribution in [0, 0.1) is 0 Å². The standard InChI is InChI=1S/C33H24BO/c1-33(2)31-17-21(20-11-14-22(34-35)15-12-20)13-16-27(31)30-18-28-25-9-5-3-7-23(25)24-8-4-6-10-26(24)29(28)19-32(30)33/h3-19,35H,1-2H3. The van der Waals surface area contributed by atoms with E-state index in [2.05, 4.69) is 105 Å². The average Bonchev–Trinajstić information content (AvgIpc) is 3.13. The Morgan fingerprint density at radius 2 is 1.03 bits per heavy atom. The molecule has 1 radical (unpaired) electrons. The van der Waals surface area contributed by atoms with E-state index in [0.29, 0.717) is 0 Å². The first-order valence-electron chi connectivity index (χ1n) is 12.2. The molecule has 0 atom stereocenters. The summed E-state index contributed by atoms with van der Waals surface area (Å²) in [4.78, 5) is 0. The Labute approximate surface area is 205 Å². The van der Waals surface area contributed by atoms with Gasteiger partial charge in [-0.1, -0.05) is 104 Å². The first-order chi connectivity index (χ1) is 17.1. The van der Waals surface area contributed by atoms with Crippen molar-refractivity contribution in [3.8, 4) is 22.3 Å². The summed E-state index contributed by atoms with van der Waals surface area (Å²) in [5, 5.41) is 17.2. The average molecular weight is 447 g/mol. The second-order valence-corrected chi connectivity index (χ2v) is 10.2. The van der Waals surface area contributed by atoms with E-state index in [1.54, 1.807) is 0 Å². The molecule has 1 N–H and O–H groups in total. The first kappa shape index (κ1) is 20.5. The zero-order chi connectivity index (χ0) is 23.7. The third-order valence-corrected chi connectivity index (χ3v) is 7.93. The maximum atomic E-state index is 9.28. The lowest BCUT2D eigenvalue weighted by molar-refractivity contribution is 0.615. The number of benzene rings is 6. The molecule has 0 aliphatic heterocycles. The molecule has 1 aliphatic rings. The lowest BCUT2D eigenvalue weighted by atomic mass is 9.80. The predicted molar refractivity (Wildman–Crippen MR) is 150 cm³/mol. The van der Waals surface area contributed by atoms with Crippen molar-refractivity contribution in [1.29, 1.82) is 0 Å². The van der Waals surface area contributed by atoms with E-state index in [1.807, 2.05) is 12.1 Å². The summed E-state index contributed by atoms with van der Waals surface area (Å²) in [6, 6.07) is 37.4. The lowest BCUT2D eigenvalue weighted by Gasteiger charge is -2.23. The number of hydrogen-bond acceptors (Lipinski definition) is 1. The van der Waals surface area contributed by atoms with E-state index in [4.69, 9.17) is 0 Å². The topological polar surface area (TPSA) is 20.2 Å². The van der Waals surface area contributed by atoms with Gasteiger partial charge in [0.15, 0.2) is 0 Å². The molecule has 0 spiro atoms. The van der Waals surface area contributed by atoms with Crippen LogP contribution < -0.4 is 5.46 Å². The van der Waals surface area contributed by atoms with Crippen molar-refractivity contribution >= 4 is 45.3 Å². The monoisotopic (exact) mass is 447 g/mol. The zero-order valence-corrected chi connectivity index (χ0v) is 19.8. The van der Waals surface area contributed by atoms with Crippen molar-refractivity contribution < 1.29 is 5.02 Å². The van der Waals surface area contributed by atoms with Crippen LogP contribution in [0.3, 0.4) is 0 Å². The zero-order valence-electron chi connectivity index (χ0n) is 19.8. The second-order valence-electron chi connectivity index (χ2n) is 10.2. The van der Waals surface area contributed by atoms with Crippen molar-refractivity contribution in [3.63, 3.8) is 0 Å². The molecule has 0 aromatic heterocycles. The highest BCUT2D eigenvalue weighted by molar-refractivity contribution is 6.45. The van der Waals surface area contributed by atoms with E-state index in [0.717, 1.165) is 18.5 Å². The molecule has 0 fully saturated rings. The Bertz CT molecular complexity index is 1800. The molecule has 6 aromatic rings. The smallest absolute Gasteiger partial charge is 0.326 e. The van der Waals surface area contributed by atoms with Crippen LogP contribution in [0.2, 0.25) is 0 Å². The maximum Gasteiger partial charge on any atom is 0.326 e. The largest absolute Gasteiger partial charge is 0.450 e. The van der Waals surface area contributed by atoms with Gasteiger partial charge in [-0.15, -0.1) is 0 Å². The van der Waals surface area contributed by atoms with Crippen molar-refractivity contribution in [2.45, 2.75) is 19.3 Å². The third-order valence-electron chi connectivity index (χ3n) is 7.93. The summed E-state index contributed by atoms with van der Waals surface area (Å²) >= 11 is 0. The van der Waals surface area contributed by atoms with Gasteiger partial charge in [0.1, 0.15) is 0 Å². The fraction of sp³-hybridized carbons (Fsp3) is 0.0909. The summed E-state index contributed by atoms with van der Waals surface area (Å²) in [7, 11) is 1.14. The fourth-order valence-electron chi connectivity index (χ4n) is 6.07. The molecule has 7 rings (SSSR count). The predicted octanol–water partition coefficient (Wildman–Crippen LogP) is 7.36. The Morgan fingerprint density at radius 1 is 0.514 bits per heavy atom. The number of fused-ring (bicyclic) bond motifs is 9. The Hall–Kier alpha value is -3.88. The van der Waals surface area contributed by atoms with E-state index in [1.165, 1.54) is 60.1 Å². The molecular weight excluding hydrogens is 423 g/mol. The van der Waals surface area contributed by atoms with E-state index < -0.39 is 0 Å². The Balaban J connectivity index is 1.50. The van der Waals surface area contributed by atoms with Gasteiger partial charge in [-0.2, -0.15) is 0 Å². The highest BCUT2D eigenvalue weighted by atomic mass is 16.2. The molecule has 0 amide bonds. The van der Waals surface area contributed by atoms with Gasteiger partial charge in [0.2, 0.25) is 0 Å². The normalized spacial score (nSPS) is 13.8. The Kier molecular flexibility index (Phi) is 4.28. The van der Waals surface area contributed by atoms with E-state index in [9.17, 15) is 5.02 Å². The Morgan fingerprint density at radius 3 is 1.63 bits per heavy atom. The van der Waals surface area contributed by atoms with E-state index in [-0.39, 0.29) is 5.41 Å². The molecule has 6 aromatic carbocycles. The van der Waals surface area contributed by atoms with Gasteiger partial charge in [-0.05, 0) is 83.9 Å². The van der Waals surface area contributed by atoms with Crippen molar-refractivity contribution in [1.82, 2.24) is 0 Å². The van der Waals surface area contributed by atoms with Gasteiger partial charge in [-0.3, -0.25) is 0 Å².